The predicted octanol–water partition coefficient (Wildman–Crippen LogP) is 2.82. The van der Waals surface area contributed by atoms with Crippen molar-refractivity contribution in [3.05, 3.63) is 47.4 Å². The van der Waals surface area contributed by atoms with E-state index in [4.69, 9.17) is 4.42 Å². The van der Waals surface area contributed by atoms with Crippen molar-refractivity contribution in [2.45, 2.75) is 39.7 Å². The Labute approximate surface area is 123 Å². The summed E-state index contributed by atoms with van der Waals surface area (Å²) < 4.78 is 5.78. The number of fused-ring (bicyclic) bond motifs is 1. The van der Waals surface area contributed by atoms with Crippen LogP contribution in [0.15, 0.2) is 29.1 Å². The lowest BCUT2D eigenvalue weighted by molar-refractivity contribution is 0.0912. The third-order valence-electron chi connectivity index (χ3n) is 3.84. The number of amides is 1. The van der Waals surface area contributed by atoms with Gasteiger partial charge in [0.05, 0.1) is 12.2 Å². The van der Waals surface area contributed by atoms with Gasteiger partial charge in [0.2, 0.25) is 0 Å². The van der Waals surface area contributed by atoms with E-state index in [9.17, 15) is 4.79 Å². The van der Waals surface area contributed by atoms with E-state index in [1.165, 1.54) is 12.4 Å². The van der Waals surface area contributed by atoms with Crippen molar-refractivity contribution in [2.75, 3.05) is 0 Å². The molecule has 1 amide bonds. The molecule has 5 heteroatoms. The van der Waals surface area contributed by atoms with Gasteiger partial charge in [-0.05, 0) is 24.8 Å². The van der Waals surface area contributed by atoms with Gasteiger partial charge in [0.25, 0.3) is 5.91 Å². The van der Waals surface area contributed by atoms with Crippen molar-refractivity contribution in [2.24, 2.45) is 5.41 Å². The molecular formula is C16H19N3O2. The minimum absolute atomic E-state index is 0.0456. The SMILES string of the molecule is Cc1cc2c(o1)CC(C)(C)C[C@H]2NC(=O)c1cnccn1. The number of aryl methyl sites for hydroxylation is 1. The highest BCUT2D eigenvalue weighted by Crippen LogP contribution is 2.42. The average molecular weight is 285 g/mol. The van der Waals surface area contributed by atoms with Crippen molar-refractivity contribution < 1.29 is 9.21 Å². The van der Waals surface area contributed by atoms with Crippen LogP contribution in [0.1, 0.15) is 53.9 Å². The molecule has 0 saturated heterocycles. The number of furan rings is 1. The van der Waals surface area contributed by atoms with Gasteiger partial charge in [-0.2, -0.15) is 0 Å². The largest absolute Gasteiger partial charge is 0.466 e. The summed E-state index contributed by atoms with van der Waals surface area (Å²) in [6, 6.07) is 1.97. The van der Waals surface area contributed by atoms with Gasteiger partial charge in [-0.25, -0.2) is 4.98 Å². The quantitative estimate of drug-likeness (QED) is 0.921. The van der Waals surface area contributed by atoms with Crippen LogP contribution in [0.25, 0.3) is 0 Å². The topological polar surface area (TPSA) is 68.0 Å². The molecule has 0 bridgehead atoms. The Morgan fingerprint density at radius 2 is 2.24 bits per heavy atom. The Balaban J connectivity index is 1.86. The number of carbonyl (C=O) groups is 1. The fraction of sp³-hybridized carbons (Fsp3) is 0.438. The minimum atomic E-state index is -0.199. The Morgan fingerprint density at radius 3 is 2.95 bits per heavy atom. The molecule has 0 spiro atoms. The van der Waals surface area contributed by atoms with Crippen LogP contribution in [0.5, 0.6) is 0 Å². The number of rotatable bonds is 2. The summed E-state index contributed by atoms with van der Waals surface area (Å²) in [5.41, 5.74) is 1.52. The molecule has 110 valence electrons. The third-order valence-corrected chi connectivity index (χ3v) is 3.84. The van der Waals surface area contributed by atoms with Gasteiger partial charge in [-0.1, -0.05) is 13.8 Å². The van der Waals surface area contributed by atoms with Crippen LogP contribution < -0.4 is 5.32 Å². The molecule has 1 atom stereocenters. The molecule has 2 heterocycles. The second-order valence-corrected chi connectivity index (χ2v) is 6.40. The van der Waals surface area contributed by atoms with Crippen LogP contribution in [-0.2, 0) is 6.42 Å². The first-order valence-corrected chi connectivity index (χ1v) is 7.11. The summed E-state index contributed by atoms with van der Waals surface area (Å²) in [6.45, 7) is 6.32. The Morgan fingerprint density at radius 1 is 1.43 bits per heavy atom. The summed E-state index contributed by atoms with van der Waals surface area (Å²) in [4.78, 5) is 20.3. The summed E-state index contributed by atoms with van der Waals surface area (Å²) in [5.74, 6) is 1.67. The number of hydrogen-bond donors (Lipinski definition) is 1. The van der Waals surface area contributed by atoms with Crippen molar-refractivity contribution >= 4 is 5.91 Å². The van der Waals surface area contributed by atoms with Crippen LogP contribution in [0.3, 0.4) is 0 Å². The van der Waals surface area contributed by atoms with E-state index in [0.29, 0.717) is 5.69 Å². The lowest BCUT2D eigenvalue weighted by Gasteiger charge is -2.34. The van der Waals surface area contributed by atoms with Gasteiger partial charge in [-0.15, -0.1) is 0 Å². The van der Waals surface area contributed by atoms with E-state index in [1.54, 1.807) is 6.20 Å². The molecule has 1 N–H and O–H groups in total. The monoisotopic (exact) mass is 285 g/mol. The highest BCUT2D eigenvalue weighted by Gasteiger charge is 2.35. The molecule has 2 aromatic rings. The summed E-state index contributed by atoms with van der Waals surface area (Å²) in [5, 5.41) is 3.06. The molecule has 0 aromatic carbocycles. The average Bonchev–Trinajstić information content (AvgIpc) is 2.78. The van der Waals surface area contributed by atoms with E-state index >= 15 is 0 Å². The summed E-state index contributed by atoms with van der Waals surface area (Å²) in [7, 11) is 0. The summed E-state index contributed by atoms with van der Waals surface area (Å²) in [6.07, 6.45) is 6.33. The van der Waals surface area contributed by atoms with Crippen molar-refractivity contribution in [3.63, 3.8) is 0 Å². The van der Waals surface area contributed by atoms with Gasteiger partial charge in [0.15, 0.2) is 0 Å². The molecule has 2 aromatic heterocycles. The van der Waals surface area contributed by atoms with Gasteiger partial charge in [-0.3, -0.25) is 9.78 Å². The Kier molecular flexibility index (Phi) is 3.27. The first kappa shape index (κ1) is 13.8. The van der Waals surface area contributed by atoms with E-state index < -0.39 is 0 Å². The first-order chi connectivity index (χ1) is 9.94. The molecule has 1 aliphatic carbocycles. The molecule has 0 aliphatic heterocycles. The second-order valence-electron chi connectivity index (χ2n) is 6.40. The molecule has 5 nitrogen and oxygen atoms in total. The lowest BCUT2D eigenvalue weighted by Crippen LogP contribution is -2.36. The fourth-order valence-corrected chi connectivity index (χ4v) is 2.96. The van der Waals surface area contributed by atoms with E-state index in [2.05, 4.69) is 29.1 Å². The molecule has 21 heavy (non-hydrogen) atoms. The third kappa shape index (κ3) is 2.82. The maximum absolute atomic E-state index is 12.3. The normalized spacial score (nSPS) is 19.9. The molecule has 0 saturated carbocycles. The van der Waals surface area contributed by atoms with Gasteiger partial charge in [0.1, 0.15) is 17.2 Å². The van der Waals surface area contributed by atoms with E-state index in [1.807, 2.05) is 13.0 Å². The smallest absolute Gasteiger partial charge is 0.271 e. The van der Waals surface area contributed by atoms with E-state index in [-0.39, 0.29) is 17.4 Å². The summed E-state index contributed by atoms with van der Waals surface area (Å²) >= 11 is 0. The number of nitrogens with one attached hydrogen (secondary N) is 1. The van der Waals surface area contributed by atoms with Crippen molar-refractivity contribution in [3.8, 4) is 0 Å². The zero-order chi connectivity index (χ0) is 15.0. The maximum Gasteiger partial charge on any atom is 0.271 e. The highest BCUT2D eigenvalue weighted by molar-refractivity contribution is 5.92. The highest BCUT2D eigenvalue weighted by atomic mass is 16.3. The molecular weight excluding hydrogens is 266 g/mol. The van der Waals surface area contributed by atoms with Crippen molar-refractivity contribution in [1.82, 2.24) is 15.3 Å². The van der Waals surface area contributed by atoms with Crippen LogP contribution in [-0.4, -0.2) is 15.9 Å². The van der Waals surface area contributed by atoms with Crippen LogP contribution in [0.4, 0.5) is 0 Å². The molecule has 1 aliphatic rings. The van der Waals surface area contributed by atoms with Gasteiger partial charge < -0.3 is 9.73 Å². The Hall–Kier alpha value is -2.17. The zero-order valence-electron chi connectivity index (χ0n) is 12.5. The van der Waals surface area contributed by atoms with Crippen LogP contribution in [0.2, 0.25) is 0 Å². The zero-order valence-corrected chi connectivity index (χ0v) is 12.5. The predicted molar refractivity (Wildman–Crippen MR) is 77.8 cm³/mol. The molecule has 0 fully saturated rings. The molecule has 0 radical (unpaired) electrons. The minimum Gasteiger partial charge on any atom is -0.466 e. The van der Waals surface area contributed by atoms with Crippen LogP contribution >= 0.6 is 0 Å². The fourth-order valence-electron chi connectivity index (χ4n) is 2.96. The Bertz CT molecular complexity index is 661. The molecule has 0 unspecified atom stereocenters. The van der Waals surface area contributed by atoms with Crippen molar-refractivity contribution in [1.29, 1.82) is 0 Å². The van der Waals surface area contributed by atoms with Gasteiger partial charge >= 0.3 is 0 Å². The van der Waals surface area contributed by atoms with E-state index in [0.717, 1.165) is 29.9 Å². The first-order valence-electron chi connectivity index (χ1n) is 7.11. The molecule has 3 rings (SSSR count). The number of nitrogens with zero attached hydrogens (tertiary/aromatic N) is 2. The number of hydrogen-bond acceptors (Lipinski definition) is 4. The number of carbonyl (C=O) groups excluding carboxylic acids is 1. The maximum atomic E-state index is 12.3. The van der Waals surface area contributed by atoms with Crippen LogP contribution in [0, 0.1) is 12.3 Å². The number of aromatic nitrogens is 2. The van der Waals surface area contributed by atoms with Gasteiger partial charge in [0, 0.05) is 24.4 Å². The standard InChI is InChI=1S/C16H19N3O2/c1-10-6-11-12(7-16(2,3)8-14(11)21-10)19-15(20)13-9-17-4-5-18-13/h4-6,9,12H,7-8H2,1-3H3,(H,19,20)/t12-/m1/s1. The second kappa shape index (κ2) is 4.98. The lowest BCUT2D eigenvalue weighted by atomic mass is 9.74.